The number of aromatic amines is 1. The van der Waals surface area contributed by atoms with E-state index < -0.39 is 0 Å². The minimum absolute atomic E-state index is 1.01. The van der Waals surface area contributed by atoms with Crippen molar-refractivity contribution in [3.8, 4) is 0 Å². The monoisotopic (exact) mass is 445 g/mol. The summed E-state index contributed by atoms with van der Waals surface area (Å²) in [6.07, 6.45) is 9.15. The van der Waals surface area contributed by atoms with Crippen LogP contribution in [0.25, 0.3) is 23.1 Å². The zero-order valence-corrected chi connectivity index (χ0v) is 20.6. The lowest BCUT2D eigenvalue weighted by atomic mass is 10.1. The van der Waals surface area contributed by atoms with E-state index in [1.165, 1.54) is 48.0 Å². The second-order valence-corrected chi connectivity index (χ2v) is 9.22. The van der Waals surface area contributed by atoms with Crippen molar-refractivity contribution < 1.29 is 0 Å². The van der Waals surface area contributed by atoms with Gasteiger partial charge in [-0.15, -0.1) is 0 Å². The molecule has 1 aromatic heterocycles. The van der Waals surface area contributed by atoms with Crippen LogP contribution in [0.5, 0.6) is 0 Å². The Morgan fingerprint density at radius 1 is 0.939 bits per heavy atom. The molecule has 1 aliphatic rings. The fourth-order valence-corrected chi connectivity index (χ4v) is 4.53. The van der Waals surface area contributed by atoms with Gasteiger partial charge in [0.2, 0.25) is 0 Å². The molecule has 1 aliphatic heterocycles. The quantitative estimate of drug-likeness (QED) is 0.422. The average Bonchev–Trinajstić information content (AvgIpc) is 3.25. The Labute approximate surface area is 199 Å². The number of aromatic nitrogens is 2. The van der Waals surface area contributed by atoms with Gasteiger partial charge in [0.15, 0.2) is 0 Å². The summed E-state index contributed by atoms with van der Waals surface area (Å²) in [6, 6.07) is 15.2. The van der Waals surface area contributed by atoms with E-state index in [0.29, 0.717) is 0 Å². The molecule has 1 fully saturated rings. The van der Waals surface area contributed by atoms with E-state index >= 15 is 0 Å². The molecular formula is C28H39N5. The zero-order chi connectivity index (χ0) is 23.0. The first-order chi connectivity index (χ1) is 16.2. The Kier molecular flexibility index (Phi) is 8.05. The maximum Gasteiger partial charge on any atom is 0.0928 e. The van der Waals surface area contributed by atoms with E-state index in [1.54, 1.807) is 0 Å². The first-order valence-electron chi connectivity index (χ1n) is 12.6. The van der Waals surface area contributed by atoms with Crippen molar-refractivity contribution >= 4 is 34.4 Å². The molecule has 0 bridgehead atoms. The number of likely N-dealkylation sites (N-methyl/N-ethyl adjacent to an activating group) is 1. The Bertz CT molecular complexity index is 1020. The Balaban J connectivity index is 1.74. The lowest BCUT2D eigenvalue weighted by Gasteiger charge is -2.37. The van der Waals surface area contributed by atoms with Crippen LogP contribution in [0, 0.1) is 0 Å². The van der Waals surface area contributed by atoms with E-state index in [1.807, 2.05) is 0 Å². The number of fused-ring (bicyclic) bond motifs is 1. The third kappa shape index (κ3) is 5.77. The molecule has 0 spiro atoms. The van der Waals surface area contributed by atoms with Gasteiger partial charge in [-0.2, -0.15) is 5.10 Å². The largest absolute Gasteiger partial charge is 0.370 e. The summed E-state index contributed by atoms with van der Waals surface area (Å²) in [4.78, 5) is 7.61. The minimum Gasteiger partial charge on any atom is -0.370 e. The third-order valence-electron chi connectivity index (χ3n) is 6.67. The standard InChI is InChI=1S/C28H39N5/c1-4-6-15-32(16-7-5-2)27-21-24-25(14-13-23-11-9-8-10-12-23)29-30-26(24)22-28(27)33-19-17-31(3)18-20-33/h8-14,21-22H,4-7,15-20H2,1-3H3,(H,29,30). The molecule has 2 aromatic carbocycles. The first-order valence-corrected chi connectivity index (χ1v) is 12.6. The summed E-state index contributed by atoms with van der Waals surface area (Å²) in [7, 11) is 2.22. The minimum atomic E-state index is 1.01. The van der Waals surface area contributed by atoms with Crippen LogP contribution in [0.3, 0.4) is 0 Å². The number of piperazine rings is 1. The maximum absolute atomic E-state index is 4.68. The van der Waals surface area contributed by atoms with Crippen LogP contribution in [-0.4, -0.2) is 61.4 Å². The van der Waals surface area contributed by atoms with E-state index in [2.05, 4.69) is 100 Å². The fourth-order valence-electron chi connectivity index (χ4n) is 4.53. The van der Waals surface area contributed by atoms with E-state index in [9.17, 15) is 0 Å². The van der Waals surface area contributed by atoms with Crippen molar-refractivity contribution in [1.82, 2.24) is 15.1 Å². The number of H-pyrrole nitrogens is 1. The zero-order valence-electron chi connectivity index (χ0n) is 20.6. The molecule has 4 rings (SSSR count). The predicted molar refractivity (Wildman–Crippen MR) is 143 cm³/mol. The molecule has 1 saturated heterocycles. The van der Waals surface area contributed by atoms with Crippen molar-refractivity contribution in [2.75, 3.05) is 56.1 Å². The number of rotatable bonds is 10. The van der Waals surface area contributed by atoms with Crippen molar-refractivity contribution in [2.24, 2.45) is 0 Å². The molecule has 176 valence electrons. The number of hydrogen-bond donors (Lipinski definition) is 1. The van der Waals surface area contributed by atoms with Crippen molar-refractivity contribution in [3.05, 3.63) is 53.7 Å². The molecule has 3 aromatic rings. The van der Waals surface area contributed by atoms with Crippen LogP contribution in [0.4, 0.5) is 11.4 Å². The van der Waals surface area contributed by atoms with Crippen LogP contribution in [0.1, 0.15) is 50.8 Å². The second kappa shape index (κ2) is 11.4. The molecule has 0 amide bonds. The molecule has 0 unspecified atom stereocenters. The van der Waals surface area contributed by atoms with Gasteiger partial charge in [0.1, 0.15) is 0 Å². The molecule has 0 aliphatic carbocycles. The van der Waals surface area contributed by atoms with Gasteiger partial charge in [-0.25, -0.2) is 0 Å². The van der Waals surface area contributed by atoms with Crippen LogP contribution in [0.15, 0.2) is 42.5 Å². The highest BCUT2D eigenvalue weighted by molar-refractivity contribution is 5.96. The van der Waals surface area contributed by atoms with Crippen molar-refractivity contribution in [1.29, 1.82) is 0 Å². The smallest absolute Gasteiger partial charge is 0.0928 e. The number of hydrogen-bond acceptors (Lipinski definition) is 4. The van der Waals surface area contributed by atoms with Crippen LogP contribution in [-0.2, 0) is 0 Å². The first kappa shape index (κ1) is 23.4. The van der Waals surface area contributed by atoms with Crippen LogP contribution >= 0.6 is 0 Å². The second-order valence-electron chi connectivity index (χ2n) is 9.22. The van der Waals surface area contributed by atoms with Gasteiger partial charge < -0.3 is 14.7 Å². The summed E-state index contributed by atoms with van der Waals surface area (Å²) >= 11 is 0. The maximum atomic E-state index is 4.68. The van der Waals surface area contributed by atoms with Crippen molar-refractivity contribution in [3.63, 3.8) is 0 Å². The molecule has 0 saturated carbocycles. The Morgan fingerprint density at radius 3 is 2.30 bits per heavy atom. The van der Waals surface area contributed by atoms with E-state index in [4.69, 9.17) is 0 Å². The highest BCUT2D eigenvalue weighted by atomic mass is 15.3. The average molecular weight is 446 g/mol. The summed E-state index contributed by atoms with van der Waals surface area (Å²) in [5, 5.41) is 9.19. The van der Waals surface area contributed by atoms with Gasteiger partial charge >= 0.3 is 0 Å². The number of nitrogens with zero attached hydrogens (tertiary/aromatic N) is 4. The summed E-state index contributed by atoms with van der Waals surface area (Å²) in [5.41, 5.74) is 6.03. The number of nitrogens with one attached hydrogen (secondary N) is 1. The van der Waals surface area contributed by atoms with Gasteiger partial charge in [0.25, 0.3) is 0 Å². The van der Waals surface area contributed by atoms with Gasteiger partial charge in [0, 0.05) is 44.7 Å². The lowest BCUT2D eigenvalue weighted by Crippen LogP contribution is -2.45. The highest BCUT2D eigenvalue weighted by Crippen LogP contribution is 2.36. The molecule has 0 radical (unpaired) electrons. The van der Waals surface area contributed by atoms with E-state index in [0.717, 1.165) is 50.5 Å². The van der Waals surface area contributed by atoms with Gasteiger partial charge in [-0.1, -0.05) is 63.1 Å². The highest BCUT2D eigenvalue weighted by Gasteiger charge is 2.22. The summed E-state index contributed by atoms with van der Waals surface area (Å²) in [6.45, 7) is 11.1. The summed E-state index contributed by atoms with van der Waals surface area (Å²) < 4.78 is 0. The SMILES string of the molecule is CCCCN(CCCC)c1cc2c(C=Cc3ccccc3)n[nH]c2cc1N1CCN(C)CC1. The van der Waals surface area contributed by atoms with Gasteiger partial charge in [-0.3, -0.25) is 5.10 Å². The molecule has 33 heavy (non-hydrogen) atoms. The van der Waals surface area contributed by atoms with Gasteiger partial charge in [-0.05, 0) is 43.7 Å². The third-order valence-corrected chi connectivity index (χ3v) is 6.67. The number of unbranched alkanes of at least 4 members (excludes halogenated alkanes) is 2. The molecular weight excluding hydrogens is 406 g/mol. The molecule has 5 heteroatoms. The van der Waals surface area contributed by atoms with Crippen LogP contribution < -0.4 is 9.80 Å². The topological polar surface area (TPSA) is 38.4 Å². The molecule has 5 nitrogen and oxygen atoms in total. The normalized spacial score (nSPS) is 15.1. The van der Waals surface area contributed by atoms with Crippen LogP contribution in [0.2, 0.25) is 0 Å². The number of benzene rings is 2. The van der Waals surface area contributed by atoms with E-state index in [-0.39, 0.29) is 0 Å². The Hall–Kier alpha value is -2.79. The molecule has 0 atom stereocenters. The molecule has 1 N–H and O–H groups in total. The fraction of sp³-hybridized carbons (Fsp3) is 0.464. The predicted octanol–water partition coefficient (Wildman–Crippen LogP) is 5.89. The lowest BCUT2D eigenvalue weighted by molar-refractivity contribution is 0.313. The summed E-state index contributed by atoms with van der Waals surface area (Å²) in [5.74, 6) is 0. The Morgan fingerprint density at radius 2 is 1.64 bits per heavy atom. The molecule has 2 heterocycles. The van der Waals surface area contributed by atoms with Gasteiger partial charge in [0.05, 0.1) is 22.6 Å². The number of anilines is 2. The van der Waals surface area contributed by atoms with Crippen molar-refractivity contribution in [2.45, 2.75) is 39.5 Å².